The van der Waals surface area contributed by atoms with E-state index in [0.717, 1.165) is 11.4 Å². The van der Waals surface area contributed by atoms with E-state index in [2.05, 4.69) is 25.6 Å². The lowest BCUT2D eigenvalue weighted by atomic mass is 10.2. The van der Waals surface area contributed by atoms with Crippen LogP contribution in [0.5, 0.6) is 0 Å². The molecule has 30 heavy (non-hydrogen) atoms. The number of nitro groups is 1. The maximum absolute atomic E-state index is 12.1. The van der Waals surface area contributed by atoms with Gasteiger partial charge < -0.3 is 10.6 Å². The third kappa shape index (κ3) is 5.57. The Kier molecular flexibility index (Phi) is 6.63. The molecule has 0 fully saturated rings. The first kappa shape index (κ1) is 20.8. The molecule has 9 nitrogen and oxygen atoms in total. The highest BCUT2D eigenvalue weighted by molar-refractivity contribution is 5.90. The Bertz CT molecular complexity index is 1050. The van der Waals surface area contributed by atoms with Crippen molar-refractivity contribution < 1.29 is 9.72 Å². The van der Waals surface area contributed by atoms with E-state index in [-0.39, 0.29) is 18.0 Å². The molecule has 2 N–H and O–H groups in total. The SMILES string of the molecule is CCc1cc(NCCC(=O)Nc2cccc(C)n2)nc(-c2ccc([N+](=O)[O-])cc2)n1. The molecule has 0 saturated heterocycles. The zero-order chi connectivity index (χ0) is 21.5. The van der Waals surface area contributed by atoms with Crippen molar-refractivity contribution in [1.82, 2.24) is 15.0 Å². The quantitative estimate of drug-likeness (QED) is 0.431. The molecule has 2 aromatic heterocycles. The van der Waals surface area contributed by atoms with Gasteiger partial charge in [0.25, 0.3) is 5.69 Å². The molecule has 1 amide bonds. The van der Waals surface area contributed by atoms with Gasteiger partial charge >= 0.3 is 0 Å². The summed E-state index contributed by atoms with van der Waals surface area (Å²) in [5.74, 6) is 1.44. The Labute approximate surface area is 173 Å². The molecule has 1 aromatic carbocycles. The van der Waals surface area contributed by atoms with Gasteiger partial charge in [-0.15, -0.1) is 0 Å². The lowest BCUT2D eigenvalue weighted by molar-refractivity contribution is -0.384. The zero-order valence-electron chi connectivity index (χ0n) is 16.8. The number of aryl methyl sites for hydroxylation is 2. The summed E-state index contributed by atoms with van der Waals surface area (Å²) in [6.45, 7) is 4.23. The summed E-state index contributed by atoms with van der Waals surface area (Å²) in [5.41, 5.74) is 2.35. The van der Waals surface area contributed by atoms with Crippen molar-refractivity contribution in [2.24, 2.45) is 0 Å². The molecule has 0 aliphatic carbocycles. The second kappa shape index (κ2) is 9.55. The molecule has 3 rings (SSSR count). The van der Waals surface area contributed by atoms with Crippen LogP contribution >= 0.6 is 0 Å². The number of amides is 1. The van der Waals surface area contributed by atoms with Gasteiger partial charge in [0.15, 0.2) is 5.82 Å². The number of non-ortho nitro benzene ring substituents is 1. The molecular formula is C21H22N6O3. The number of anilines is 2. The Hall–Kier alpha value is -3.88. The molecule has 154 valence electrons. The summed E-state index contributed by atoms with van der Waals surface area (Å²) in [5, 5.41) is 16.7. The first-order chi connectivity index (χ1) is 14.4. The van der Waals surface area contributed by atoms with Crippen molar-refractivity contribution in [3.8, 4) is 11.4 Å². The van der Waals surface area contributed by atoms with Gasteiger partial charge in [0.1, 0.15) is 11.6 Å². The van der Waals surface area contributed by atoms with Gasteiger partial charge in [0, 0.05) is 48.1 Å². The summed E-state index contributed by atoms with van der Waals surface area (Å²) in [7, 11) is 0. The molecule has 9 heteroatoms. The molecule has 0 atom stereocenters. The number of carbonyl (C=O) groups is 1. The first-order valence-electron chi connectivity index (χ1n) is 9.55. The number of carbonyl (C=O) groups excluding carboxylic acids is 1. The van der Waals surface area contributed by atoms with E-state index < -0.39 is 4.92 Å². The minimum absolute atomic E-state index is 0.0119. The molecule has 0 spiro atoms. The van der Waals surface area contributed by atoms with Crippen LogP contribution in [-0.2, 0) is 11.2 Å². The molecule has 2 heterocycles. The summed E-state index contributed by atoms with van der Waals surface area (Å²) < 4.78 is 0. The third-order valence-electron chi connectivity index (χ3n) is 4.29. The lowest BCUT2D eigenvalue weighted by Crippen LogP contribution is -2.17. The van der Waals surface area contributed by atoms with Crippen molar-refractivity contribution in [2.45, 2.75) is 26.7 Å². The van der Waals surface area contributed by atoms with Gasteiger partial charge in [0.05, 0.1) is 4.92 Å². The maximum Gasteiger partial charge on any atom is 0.269 e. The van der Waals surface area contributed by atoms with Gasteiger partial charge in [0.2, 0.25) is 5.91 Å². The second-order valence-corrected chi connectivity index (χ2v) is 6.61. The fourth-order valence-electron chi connectivity index (χ4n) is 2.75. The van der Waals surface area contributed by atoms with E-state index >= 15 is 0 Å². The molecule has 0 radical (unpaired) electrons. The number of hydrogen-bond donors (Lipinski definition) is 2. The van der Waals surface area contributed by atoms with Gasteiger partial charge in [-0.3, -0.25) is 14.9 Å². The molecule has 0 unspecified atom stereocenters. The number of pyridine rings is 1. The van der Waals surface area contributed by atoms with Gasteiger partial charge in [-0.25, -0.2) is 15.0 Å². The van der Waals surface area contributed by atoms with Crippen LogP contribution in [0.3, 0.4) is 0 Å². The van der Waals surface area contributed by atoms with Gasteiger partial charge in [-0.1, -0.05) is 13.0 Å². The number of rotatable bonds is 8. The highest BCUT2D eigenvalue weighted by Crippen LogP contribution is 2.21. The van der Waals surface area contributed by atoms with Crippen molar-refractivity contribution in [2.75, 3.05) is 17.2 Å². The number of nitro benzene ring substituents is 1. The van der Waals surface area contributed by atoms with Crippen LogP contribution in [0.4, 0.5) is 17.3 Å². The van der Waals surface area contributed by atoms with E-state index in [1.165, 1.54) is 12.1 Å². The van der Waals surface area contributed by atoms with Crippen LogP contribution in [0, 0.1) is 17.0 Å². The molecule has 0 bridgehead atoms. The Morgan fingerprint density at radius 1 is 1.07 bits per heavy atom. The van der Waals surface area contributed by atoms with Crippen LogP contribution in [0.1, 0.15) is 24.7 Å². The summed E-state index contributed by atoms with van der Waals surface area (Å²) in [6.07, 6.45) is 0.949. The van der Waals surface area contributed by atoms with E-state index in [1.807, 2.05) is 32.0 Å². The number of hydrogen-bond acceptors (Lipinski definition) is 7. The Morgan fingerprint density at radius 2 is 1.83 bits per heavy atom. The summed E-state index contributed by atoms with van der Waals surface area (Å²) >= 11 is 0. The largest absolute Gasteiger partial charge is 0.369 e. The van der Waals surface area contributed by atoms with Crippen molar-refractivity contribution in [3.05, 3.63) is 70.0 Å². The fraction of sp³-hybridized carbons (Fsp3) is 0.238. The number of nitrogens with zero attached hydrogens (tertiary/aromatic N) is 4. The zero-order valence-corrected chi connectivity index (χ0v) is 16.8. The lowest BCUT2D eigenvalue weighted by Gasteiger charge is -2.10. The van der Waals surface area contributed by atoms with Crippen molar-refractivity contribution >= 4 is 23.2 Å². The Balaban J connectivity index is 1.65. The summed E-state index contributed by atoms with van der Waals surface area (Å²) in [4.78, 5) is 35.7. The fourth-order valence-corrected chi connectivity index (χ4v) is 2.75. The number of aromatic nitrogens is 3. The van der Waals surface area contributed by atoms with E-state index in [1.54, 1.807) is 18.2 Å². The van der Waals surface area contributed by atoms with Crippen LogP contribution in [0.2, 0.25) is 0 Å². The standard InChI is InChI=1S/C21H22N6O3/c1-3-16-13-19(22-12-11-20(28)25-18-6-4-5-14(2)23-18)26-21(24-16)15-7-9-17(10-8-15)27(29)30/h4-10,13H,3,11-12H2,1-2H3,(H,22,24,26)(H,23,25,28). The van der Waals surface area contributed by atoms with Crippen molar-refractivity contribution in [3.63, 3.8) is 0 Å². The average Bonchev–Trinajstić information content (AvgIpc) is 2.73. The van der Waals surface area contributed by atoms with Crippen molar-refractivity contribution in [1.29, 1.82) is 0 Å². The van der Waals surface area contributed by atoms with E-state index in [4.69, 9.17) is 0 Å². The summed E-state index contributed by atoms with van der Waals surface area (Å²) in [6, 6.07) is 13.4. The number of nitrogens with one attached hydrogen (secondary N) is 2. The minimum atomic E-state index is -0.447. The van der Waals surface area contributed by atoms with Crippen LogP contribution in [0.25, 0.3) is 11.4 Å². The second-order valence-electron chi connectivity index (χ2n) is 6.61. The van der Waals surface area contributed by atoms with Gasteiger partial charge in [-0.05, 0) is 37.6 Å². The highest BCUT2D eigenvalue weighted by Gasteiger charge is 2.10. The molecule has 0 saturated carbocycles. The molecule has 3 aromatic rings. The smallest absolute Gasteiger partial charge is 0.269 e. The average molecular weight is 406 g/mol. The molecule has 0 aliphatic rings. The highest BCUT2D eigenvalue weighted by atomic mass is 16.6. The first-order valence-corrected chi connectivity index (χ1v) is 9.55. The monoisotopic (exact) mass is 406 g/mol. The minimum Gasteiger partial charge on any atom is -0.369 e. The molecular weight excluding hydrogens is 384 g/mol. The normalized spacial score (nSPS) is 10.5. The van der Waals surface area contributed by atoms with E-state index in [0.29, 0.717) is 36.0 Å². The van der Waals surface area contributed by atoms with Gasteiger partial charge in [-0.2, -0.15) is 0 Å². The predicted octanol–water partition coefficient (Wildman–Crippen LogP) is 3.76. The Morgan fingerprint density at radius 3 is 2.50 bits per heavy atom. The van der Waals surface area contributed by atoms with Crippen LogP contribution in [-0.4, -0.2) is 32.3 Å². The van der Waals surface area contributed by atoms with Crippen LogP contribution in [0.15, 0.2) is 48.5 Å². The number of benzene rings is 1. The third-order valence-corrected chi connectivity index (χ3v) is 4.29. The molecule has 0 aliphatic heterocycles. The predicted molar refractivity (Wildman–Crippen MR) is 114 cm³/mol. The van der Waals surface area contributed by atoms with E-state index in [9.17, 15) is 14.9 Å². The topological polar surface area (TPSA) is 123 Å². The van der Waals surface area contributed by atoms with Crippen LogP contribution < -0.4 is 10.6 Å². The maximum atomic E-state index is 12.1.